The Morgan fingerprint density at radius 1 is 1.18 bits per heavy atom. The second-order valence-electron chi connectivity index (χ2n) is 9.28. The summed E-state index contributed by atoms with van der Waals surface area (Å²) >= 11 is 5.71. The predicted octanol–water partition coefficient (Wildman–Crippen LogP) is 5.57. The summed E-state index contributed by atoms with van der Waals surface area (Å²) in [6, 6.07) is 20.5. The summed E-state index contributed by atoms with van der Waals surface area (Å²) in [5.74, 6) is 1.27. The van der Waals surface area contributed by atoms with Crippen LogP contribution in [0.1, 0.15) is 35.5 Å². The zero-order valence-electron chi connectivity index (χ0n) is 21.9. The van der Waals surface area contributed by atoms with Gasteiger partial charge in [0.25, 0.3) is 5.69 Å². The molecule has 1 aliphatic heterocycles. The van der Waals surface area contributed by atoms with Gasteiger partial charge in [-0.15, -0.1) is 0 Å². The molecule has 0 unspecified atom stereocenters. The van der Waals surface area contributed by atoms with Gasteiger partial charge in [-0.05, 0) is 61.1 Å². The third kappa shape index (κ3) is 5.50. The number of nitro groups is 1. The molecule has 5 rings (SSSR count). The molecule has 4 aromatic rings. The molecular weight excluding hydrogens is 530 g/mol. The number of aromatic nitrogens is 1. The smallest absolute Gasteiger partial charge is 0.273 e. The number of carbonyl (C=O) groups excluding carboxylic acids is 1. The van der Waals surface area contributed by atoms with E-state index < -0.39 is 11.0 Å². The Labute approximate surface area is 236 Å². The lowest BCUT2D eigenvalue weighted by Gasteiger charge is -2.26. The molecule has 10 nitrogen and oxygen atoms in total. The number of amides is 1. The number of carbonyl (C=O) groups is 1. The van der Waals surface area contributed by atoms with E-state index in [1.54, 1.807) is 18.3 Å². The van der Waals surface area contributed by atoms with Gasteiger partial charge in [0, 0.05) is 30.9 Å². The van der Waals surface area contributed by atoms with Crippen LogP contribution >= 0.6 is 12.2 Å². The van der Waals surface area contributed by atoms with Gasteiger partial charge in [0.05, 0.1) is 35.4 Å². The second-order valence-corrected chi connectivity index (χ2v) is 9.66. The number of hydrogen-bond acceptors (Lipinski definition) is 7. The van der Waals surface area contributed by atoms with E-state index >= 15 is 0 Å². The minimum atomic E-state index is -0.477. The third-order valence-electron chi connectivity index (χ3n) is 6.78. The lowest BCUT2D eigenvalue weighted by atomic mass is 10.0. The van der Waals surface area contributed by atoms with E-state index in [9.17, 15) is 14.9 Å². The Kier molecular flexibility index (Phi) is 7.74. The SMILES string of the molecule is COc1cc([N+](=O)[O-])ccc1-c1ccc([C@H]2[C@H](c3ccccn3)NC(=S)N2CCC(=O)Nc2ccccc2C)o1. The molecule has 1 saturated heterocycles. The highest BCUT2D eigenvalue weighted by Gasteiger charge is 2.41. The first kappa shape index (κ1) is 26.8. The Morgan fingerprint density at radius 3 is 2.70 bits per heavy atom. The fourth-order valence-electron chi connectivity index (χ4n) is 4.76. The molecule has 3 heterocycles. The number of nitrogens with zero attached hydrogens (tertiary/aromatic N) is 3. The first-order valence-electron chi connectivity index (χ1n) is 12.6. The van der Waals surface area contributed by atoms with Crippen molar-refractivity contribution in [2.45, 2.75) is 25.4 Å². The van der Waals surface area contributed by atoms with Crippen LogP contribution in [0.5, 0.6) is 5.75 Å². The number of hydrogen-bond donors (Lipinski definition) is 2. The number of anilines is 1. The van der Waals surface area contributed by atoms with Gasteiger partial charge in [0.2, 0.25) is 5.91 Å². The number of rotatable bonds is 9. The summed E-state index contributed by atoms with van der Waals surface area (Å²) in [4.78, 5) is 30.1. The van der Waals surface area contributed by atoms with Crippen LogP contribution in [-0.4, -0.2) is 39.5 Å². The van der Waals surface area contributed by atoms with Crippen molar-refractivity contribution in [1.82, 2.24) is 15.2 Å². The second kappa shape index (κ2) is 11.5. The zero-order valence-corrected chi connectivity index (χ0v) is 22.7. The molecule has 0 bridgehead atoms. The third-order valence-corrected chi connectivity index (χ3v) is 7.13. The molecule has 11 heteroatoms. The maximum absolute atomic E-state index is 12.9. The van der Waals surface area contributed by atoms with Crippen molar-refractivity contribution in [1.29, 1.82) is 0 Å². The Balaban J connectivity index is 1.43. The highest BCUT2D eigenvalue weighted by Crippen LogP contribution is 2.42. The van der Waals surface area contributed by atoms with E-state index in [0.717, 1.165) is 16.9 Å². The van der Waals surface area contributed by atoms with Crippen LogP contribution in [0.3, 0.4) is 0 Å². The summed E-state index contributed by atoms with van der Waals surface area (Å²) in [6.45, 7) is 2.28. The van der Waals surface area contributed by atoms with Gasteiger partial charge in [-0.2, -0.15) is 0 Å². The van der Waals surface area contributed by atoms with E-state index in [1.165, 1.54) is 19.2 Å². The van der Waals surface area contributed by atoms with E-state index in [-0.39, 0.29) is 24.1 Å². The predicted molar refractivity (Wildman–Crippen MR) is 154 cm³/mol. The number of thiocarbonyl (C=S) groups is 1. The molecular formula is C29H27N5O5S. The molecule has 2 aromatic heterocycles. The number of methoxy groups -OCH3 is 1. The van der Waals surface area contributed by atoms with Gasteiger partial charge in [-0.25, -0.2) is 0 Å². The minimum Gasteiger partial charge on any atom is -0.496 e. The molecule has 1 aliphatic rings. The van der Waals surface area contributed by atoms with Gasteiger partial charge >= 0.3 is 0 Å². The van der Waals surface area contributed by atoms with Crippen LogP contribution in [0.25, 0.3) is 11.3 Å². The van der Waals surface area contributed by atoms with Gasteiger partial charge in [-0.3, -0.25) is 19.9 Å². The summed E-state index contributed by atoms with van der Waals surface area (Å²) in [7, 11) is 1.45. The van der Waals surface area contributed by atoms with Gasteiger partial charge in [-0.1, -0.05) is 24.3 Å². The Hall–Kier alpha value is -4.77. The molecule has 0 saturated carbocycles. The summed E-state index contributed by atoms with van der Waals surface area (Å²) in [5.41, 5.74) is 3.01. The van der Waals surface area contributed by atoms with Crippen molar-refractivity contribution < 1.29 is 18.9 Å². The summed E-state index contributed by atoms with van der Waals surface area (Å²) < 4.78 is 11.7. The maximum Gasteiger partial charge on any atom is 0.273 e. The van der Waals surface area contributed by atoms with Gasteiger partial charge < -0.3 is 24.7 Å². The number of furan rings is 1. The highest BCUT2D eigenvalue weighted by molar-refractivity contribution is 7.80. The van der Waals surface area contributed by atoms with Crippen LogP contribution in [0, 0.1) is 17.0 Å². The Morgan fingerprint density at radius 2 is 1.98 bits per heavy atom. The lowest BCUT2D eigenvalue weighted by molar-refractivity contribution is -0.384. The minimum absolute atomic E-state index is 0.0805. The fraction of sp³-hybridized carbons (Fsp3) is 0.207. The molecule has 0 radical (unpaired) electrons. The van der Waals surface area contributed by atoms with E-state index in [0.29, 0.717) is 34.5 Å². The average molecular weight is 558 g/mol. The number of benzene rings is 2. The number of pyridine rings is 1. The van der Waals surface area contributed by atoms with Crippen LogP contribution in [0.2, 0.25) is 0 Å². The molecule has 1 amide bonds. The first-order valence-corrected chi connectivity index (χ1v) is 13.0. The zero-order chi connectivity index (χ0) is 28.2. The molecule has 40 heavy (non-hydrogen) atoms. The molecule has 2 aromatic carbocycles. The van der Waals surface area contributed by atoms with Crippen molar-refractivity contribution in [3.63, 3.8) is 0 Å². The van der Waals surface area contributed by atoms with Crippen LogP contribution in [0.15, 0.2) is 83.4 Å². The largest absolute Gasteiger partial charge is 0.496 e. The topological polar surface area (TPSA) is 123 Å². The van der Waals surface area contributed by atoms with Crippen molar-refractivity contribution in [3.8, 4) is 17.1 Å². The number of para-hydroxylation sites is 1. The fourth-order valence-corrected chi connectivity index (χ4v) is 5.09. The highest BCUT2D eigenvalue weighted by atomic mass is 32.1. The average Bonchev–Trinajstić information content (AvgIpc) is 3.57. The molecule has 2 N–H and O–H groups in total. The molecule has 204 valence electrons. The van der Waals surface area contributed by atoms with E-state index in [4.69, 9.17) is 21.4 Å². The first-order chi connectivity index (χ1) is 19.4. The van der Waals surface area contributed by atoms with Crippen LogP contribution in [0.4, 0.5) is 11.4 Å². The van der Waals surface area contributed by atoms with Gasteiger partial charge in [0.1, 0.15) is 23.3 Å². The molecule has 0 aliphatic carbocycles. The summed E-state index contributed by atoms with van der Waals surface area (Å²) in [6.07, 6.45) is 1.91. The van der Waals surface area contributed by atoms with Crippen LogP contribution in [-0.2, 0) is 4.79 Å². The molecule has 0 spiro atoms. The lowest BCUT2D eigenvalue weighted by Crippen LogP contribution is -2.32. The molecule has 1 fully saturated rings. The summed E-state index contributed by atoms with van der Waals surface area (Å²) in [5, 5.41) is 18.0. The Bertz CT molecular complexity index is 1560. The number of ether oxygens (including phenoxy) is 1. The maximum atomic E-state index is 12.9. The monoisotopic (exact) mass is 557 g/mol. The van der Waals surface area contributed by atoms with E-state index in [1.807, 2.05) is 60.4 Å². The number of aryl methyl sites for hydroxylation is 1. The normalized spacial score (nSPS) is 16.4. The van der Waals surface area contributed by atoms with Gasteiger partial charge in [0.15, 0.2) is 5.11 Å². The molecule has 2 atom stereocenters. The van der Waals surface area contributed by atoms with Crippen molar-refractivity contribution in [2.24, 2.45) is 0 Å². The quantitative estimate of drug-likeness (QED) is 0.154. The van der Waals surface area contributed by atoms with Crippen molar-refractivity contribution >= 4 is 34.6 Å². The number of non-ortho nitro benzene ring substituents is 1. The number of nitro benzene ring substituents is 1. The standard InChI is InChI=1S/C29H27N5O5S/c1-18-7-3-4-8-21(18)31-26(35)14-16-33-28(27(32-29(33)40)22-9-5-6-15-30-22)24-13-12-23(39-24)20-11-10-19(34(36)37)17-25(20)38-2/h3-13,15,17,27-28H,14,16H2,1-2H3,(H,31,35)(H,32,40)/t27-,28-/m0/s1. The van der Waals surface area contributed by atoms with Crippen LogP contribution < -0.4 is 15.4 Å². The van der Waals surface area contributed by atoms with Crippen molar-refractivity contribution in [2.75, 3.05) is 19.0 Å². The van der Waals surface area contributed by atoms with Crippen molar-refractivity contribution in [3.05, 3.63) is 106 Å². The van der Waals surface area contributed by atoms with E-state index in [2.05, 4.69) is 15.6 Å². The number of nitrogens with one attached hydrogen (secondary N) is 2.